The van der Waals surface area contributed by atoms with Crippen LogP contribution in [0, 0.1) is 10.1 Å². The highest BCUT2D eigenvalue weighted by Crippen LogP contribution is 2.22. The quantitative estimate of drug-likeness (QED) is 0.576. The molecule has 24 heavy (non-hydrogen) atoms. The zero-order valence-corrected chi connectivity index (χ0v) is 13.6. The third-order valence-electron chi connectivity index (χ3n) is 3.39. The molecule has 0 aliphatic heterocycles. The Kier molecular flexibility index (Phi) is 4.39. The lowest BCUT2D eigenvalue weighted by Gasteiger charge is -2.16. The lowest BCUT2D eigenvalue weighted by molar-refractivity contribution is -0.384. The van der Waals surface area contributed by atoms with Crippen molar-refractivity contribution in [2.45, 2.75) is 6.54 Å². The zero-order chi connectivity index (χ0) is 17.1. The summed E-state index contributed by atoms with van der Waals surface area (Å²) < 4.78 is 1.08. The number of benzene rings is 2. The van der Waals surface area contributed by atoms with E-state index in [4.69, 9.17) is 0 Å². The Bertz CT molecular complexity index is 859. The zero-order valence-electron chi connectivity index (χ0n) is 12.8. The van der Waals surface area contributed by atoms with Crippen LogP contribution in [0.2, 0.25) is 0 Å². The van der Waals surface area contributed by atoms with Crippen LogP contribution in [0.3, 0.4) is 0 Å². The molecule has 8 heteroatoms. The summed E-state index contributed by atoms with van der Waals surface area (Å²) in [5, 5.41) is 14.2. The molecule has 7 nitrogen and oxygen atoms in total. The minimum absolute atomic E-state index is 0.0178. The van der Waals surface area contributed by atoms with E-state index in [1.807, 2.05) is 24.3 Å². The van der Waals surface area contributed by atoms with Gasteiger partial charge in [0.2, 0.25) is 0 Å². The molecule has 0 saturated carbocycles. The van der Waals surface area contributed by atoms with Gasteiger partial charge in [-0.05, 0) is 24.3 Å². The molecule has 0 bridgehead atoms. The van der Waals surface area contributed by atoms with E-state index in [9.17, 15) is 14.9 Å². The average molecular weight is 342 g/mol. The number of amides is 2. The van der Waals surface area contributed by atoms with Gasteiger partial charge in [0.05, 0.1) is 21.7 Å². The summed E-state index contributed by atoms with van der Waals surface area (Å²) in [4.78, 5) is 28.4. The minimum atomic E-state index is -0.481. The van der Waals surface area contributed by atoms with Crippen LogP contribution < -0.4 is 5.32 Å². The van der Waals surface area contributed by atoms with Crippen molar-refractivity contribution in [1.82, 2.24) is 9.88 Å². The summed E-state index contributed by atoms with van der Waals surface area (Å²) in [6.07, 6.45) is 0. The molecule has 1 N–H and O–H groups in total. The van der Waals surface area contributed by atoms with Gasteiger partial charge in [-0.3, -0.25) is 10.1 Å². The molecule has 0 spiro atoms. The number of carbonyl (C=O) groups is 1. The van der Waals surface area contributed by atoms with Gasteiger partial charge in [-0.2, -0.15) is 0 Å². The Labute approximate surface area is 141 Å². The number of para-hydroxylation sites is 1. The summed E-state index contributed by atoms with van der Waals surface area (Å²) in [7, 11) is 1.67. The van der Waals surface area contributed by atoms with Gasteiger partial charge >= 0.3 is 6.03 Å². The van der Waals surface area contributed by atoms with Gasteiger partial charge in [-0.25, -0.2) is 9.78 Å². The van der Waals surface area contributed by atoms with Crippen molar-refractivity contribution in [2.75, 3.05) is 12.4 Å². The maximum absolute atomic E-state index is 12.2. The second-order valence-corrected chi connectivity index (χ2v) is 6.28. The van der Waals surface area contributed by atoms with E-state index < -0.39 is 4.92 Å². The molecule has 1 heterocycles. The van der Waals surface area contributed by atoms with E-state index in [-0.39, 0.29) is 11.7 Å². The number of nitro groups is 1. The first-order chi connectivity index (χ1) is 11.5. The first-order valence-corrected chi connectivity index (χ1v) is 7.95. The molecule has 2 amide bonds. The van der Waals surface area contributed by atoms with Gasteiger partial charge in [-0.15, -0.1) is 11.3 Å². The fourth-order valence-corrected chi connectivity index (χ4v) is 3.17. The Morgan fingerprint density at radius 1 is 1.25 bits per heavy atom. The number of nitrogens with zero attached hydrogens (tertiary/aromatic N) is 3. The van der Waals surface area contributed by atoms with E-state index in [2.05, 4.69) is 10.3 Å². The van der Waals surface area contributed by atoms with Gasteiger partial charge in [0.1, 0.15) is 5.01 Å². The van der Waals surface area contributed by atoms with Crippen molar-refractivity contribution >= 4 is 39.0 Å². The molecular formula is C16H14N4O3S. The number of fused-ring (bicyclic) bond motifs is 1. The number of aromatic nitrogens is 1. The number of nitrogens with one attached hydrogen (secondary N) is 1. The van der Waals surface area contributed by atoms with Gasteiger partial charge in [0.25, 0.3) is 5.69 Å². The van der Waals surface area contributed by atoms with E-state index in [0.29, 0.717) is 12.2 Å². The van der Waals surface area contributed by atoms with Gasteiger partial charge < -0.3 is 10.2 Å². The molecule has 0 aliphatic rings. The van der Waals surface area contributed by atoms with Crippen molar-refractivity contribution in [1.29, 1.82) is 0 Å². The predicted molar refractivity (Wildman–Crippen MR) is 93.2 cm³/mol. The summed E-state index contributed by atoms with van der Waals surface area (Å²) in [5.74, 6) is 0. The topological polar surface area (TPSA) is 88.4 Å². The first kappa shape index (κ1) is 15.9. The second-order valence-electron chi connectivity index (χ2n) is 5.17. The van der Waals surface area contributed by atoms with Crippen molar-refractivity contribution in [3.8, 4) is 0 Å². The molecule has 2 aromatic carbocycles. The van der Waals surface area contributed by atoms with E-state index >= 15 is 0 Å². The SMILES string of the molecule is CN(Cc1nc2ccccc2s1)C(=O)Nc1ccc([N+](=O)[O-])cc1. The third-order valence-corrected chi connectivity index (χ3v) is 4.41. The molecule has 0 aliphatic carbocycles. The summed E-state index contributed by atoms with van der Waals surface area (Å²) in [5.41, 5.74) is 1.40. The molecule has 0 atom stereocenters. The van der Waals surface area contributed by atoms with Gasteiger partial charge in [-0.1, -0.05) is 12.1 Å². The van der Waals surface area contributed by atoms with Crippen molar-refractivity contribution < 1.29 is 9.72 Å². The van der Waals surface area contributed by atoms with Gasteiger partial charge in [0.15, 0.2) is 0 Å². The molecular weight excluding hydrogens is 328 g/mol. The molecule has 0 fully saturated rings. The number of rotatable bonds is 4. The maximum atomic E-state index is 12.2. The largest absolute Gasteiger partial charge is 0.321 e. The van der Waals surface area contributed by atoms with Crippen molar-refractivity contribution in [3.05, 3.63) is 63.7 Å². The van der Waals surface area contributed by atoms with Crippen LogP contribution in [0.1, 0.15) is 5.01 Å². The number of carbonyl (C=O) groups excluding carboxylic acids is 1. The number of anilines is 1. The highest BCUT2D eigenvalue weighted by Gasteiger charge is 2.13. The molecule has 0 unspecified atom stereocenters. The molecule has 1 aromatic heterocycles. The van der Waals surface area contributed by atoms with Crippen molar-refractivity contribution in [2.24, 2.45) is 0 Å². The highest BCUT2D eigenvalue weighted by molar-refractivity contribution is 7.18. The average Bonchev–Trinajstić information content (AvgIpc) is 2.97. The third kappa shape index (κ3) is 3.49. The molecule has 0 radical (unpaired) electrons. The van der Waals surface area contributed by atoms with Crippen LogP contribution in [-0.2, 0) is 6.54 Å². The number of non-ortho nitro benzene ring substituents is 1. The maximum Gasteiger partial charge on any atom is 0.321 e. The number of thiazole rings is 1. The molecule has 122 valence electrons. The van der Waals surface area contributed by atoms with Crippen LogP contribution in [0.4, 0.5) is 16.2 Å². The fourth-order valence-electron chi connectivity index (χ4n) is 2.15. The lowest BCUT2D eigenvalue weighted by Crippen LogP contribution is -2.30. The number of nitro benzene ring substituents is 1. The molecule has 3 aromatic rings. The number of urea groups is 1. The van der Waals surface area contributed by atoms with Crippen LogP contribution in [0.5, 0.6) is 0 Å². The lowest BCUT2D eigenvalue weighted by atomic mass is 10.3. The normalized spacial score (nSPS) is 10.5. The Hall–Kier alpha value is -3.00. The number of hydrogen-bond acceptors (Lipinski definition) is 5. The number of hydrogen-bond donors (Lipinski definition) is 1. The fraction of sp³-hybridized carbons (Fsp3) is 0.125. The van der Waals surface area contributed by atoms with Crippen LogP contribution in [0.15, 0.2) is 48.5 Å². The van der Waals surface area contributed by atoms with Gasteiger partial charge in [0, 0.05) is 24.9 Å². The smallest absolute Gasteiger partial charge is 0.321 e. The van der Waals surface area contributed by atoms with Crippen molar-refractivity contribution in [3.63, 3.8) is 0 Å². The minimum Gasteiger partial charge on any atom is -0.321 e. The Balaban J connectivity index is 1.64. The predicted octanol–water partition coefficient (Wildman–Crippen LogP) is 3.87. The highest BCUT2D eigenvalue weighted by atomic mass is 32.1. The van der Waals surface area contributed by atoms with Crippen LogP contribution in [-0.4, -0.2) is 27.9 Å². The summed E-state index contributed by atoms with van der Waals surface area (Å²) in [6.45, 7) is 0.387. The van der Waals surface area contributed by atoms with Crippen LogP contribution in [0.25, 0.3) is 10.2 Å². The van der Waals surface area contributed by atoms with E-state index in [0.717, 1.165) is 15.2 Å². The summed E-state index contributed by atoms with van der Waals surface area (Å²) >= 11 is 1.55. The molecule has 3 rings (SSSR count). The molecule has 0 saturated heterocycles. The van der Waals surface area contributed by atoms with E-state index in [1.165, 1.54) is 29.2 Å². The Morgan fingerprint density at radius 3 is 2.62 bits per heavy atom. The standard InChI is InChI=1S/C16H14N4O3S/c1-19(10-15-18-13-4-2-3-5-14(13)24-15)16(21)17-11-6-8-12(9-7-11)20(22)23/h2-9H,10H2,1H3,(H,17,21). The van der Waals surface area contributed by atoms with Crippen LogP contribution >= 0.6 is 11.3 Å². The monoisotopic (exact) mass is 342 g/mol. The van der Waals surface area contributed by atoms with E-state index in [1.54, 1.807) is 18.4 Å². The first-order valence-electron chi connectivity index (χ1n) is 7.14. The summed E-state index contributed by atoms with van der Waals surface area (Å²) in [6, 6.07) is 13.2. The second kappa shape index (κ2) is 6.63. The Morgan fingerprint density at radius 2 is 1.96 bits per heavy atom.